The summed E-state index contributed by atoms with van der Waals surface area (Å²) in [4.78, 5) is 22.2. The first-order valence-corrected chi connectivity index (χ1v) is 6.65. The summed E-state index contributed by atoms with van der Waals surface area (Å²) in [5, 5.41) is 15.1. The molecule has 2 rings (SSSR count). The van der Waals surface area contributed by atoms with Gasteiger partial charge in [0.2, 0.25) is 0 Å². The fourth-order valence-electron chi connectivity index (χ4n) is 1.94. The van der Waals surface area contributed by atoms with Gasteiger partial charge in [0.1, 0.15) is 5.69 Å². The molecule has 1 aromatic carbocycles. The number of nitro benzene ring substituents is 1. The van der Waals surface area contributed by atoms with E-state index in [1.807, 2.05) is 6.92 Å². The van der Waals surface area contributed by atoms with Gasteiger partial charge < -0.3 is 5.73 Å². The summed E-state index contributed by atoms with van der Waals surface area (Å²) in [5.41, 5.74) is 6.45. The molecule has 0 saturated carbocycles. The molecule has 2 aromatic rings. The maximum atomic E-state index is 11.9. The molecule has 0 aliphatic heterocycles. The minimum atomic E-state index is -0.472. The van der Waals surface area contributed by atoms with Crippen LogP contribution in [0.15, 0.2) is 35.1 Å². The number of benzene rings is 1. The molecule has 0 fully saturated rings. The molecule has 0 bridgehead atoms. The lowest BCUT2D eigenvalue weighted by Gasteiger charge is -2.08. The normalized spacial score (nSPS) is 10.5. The van der Waals surface area contributed by atoms with Crippen LogP contribution in [0.4, 0.5) is 11.4 Å². The molecule has 0 aliphatic carbocycles. The highest BCUT2D eigenvalue weighted by Crippen LogP contribution is 2.22. The molecule has 1 heterocycles. The molecule has 0 aliphatic rings. The van der Waals surface area contributed by atoms with Gasteiger partial charge in [-0.25, -0.2) is 4.68 Å². The Kier molecular flexibility index (Phi) is 4.32. The van der Waals surface area contributed by atoms with Crippen molar-refractivity contribution in [2.45, 2.75) is 26.3 Å². The summed E-state index contributed by atoms with van der Waals surface area (Å²) in [6.07, 6.45) is 1.74. The van der Waals surface area contributed by atoms with Crippen LogP contribution in [-0.2, 0) is 6.54 Å². The third-order valence-electron chi connectivity index (χ3n) is 3.08. The summed E-state index contributed by atoms with van der Waals surface area (Å²) < 4.78 is 1.31. The molecule has 0 amide bonds. The largest absolute Gasteiger partial charge is 0.394 e. The number of anilines is 1. The zero-order valence-electron chi connectivity index (χ0n) is 11.7. The number of unbranched alkanes of at least 4 members (excludes halogenated alkanes) is 1. The number of hydrogen-bond acceptors (Lipinski definition) is 5. The number of hydrogen-bond donors (Lipinski definition) is 1. The highest BCUT2D eigenvalue weighted by molar-refractivity contribution is 5.64. The molecule has 21 heavy (non-hydrogen) atoms. The summed E-state index contributed by atoms with van der Waals surface area (Å²) >= 11 is 0. The molecule has 0 radical (unpaired) electrons. The SMILES string of the molecule is CCCCn1nc(-c2cccc([N+](=O)[O-])c2)cc(N)c1=O. The molecular formula is C14H16N4O3. The van der Waals surface area contributed by atoms with Crippen molar-refractivity contribution >= 4 is 11.4 Å². The Balaban J connectivity index is 2.49. The molecule has 2 N–H and O–H groups in total. The van der Waals surface area contributed by atoms with Crippen LogP contribution >= 0.6 is 0 Å². The number of nitro groups is 1. The van der Waals surface area contributed by atoms with Crippen LogP contribution in [0.25, 0.3) is 11.3 Å². The number of nitrogens with zero attached hydrogens (tertiary/aromatic N) is 3. The van der Waals surface area contributed by atoms with Crippen LogP contribution < -0.4 is 11.3 Å². The quantitative estimate of drug-likeness (QED) is 0.670. The zero-order chi connectivity index (χ0) is 15.4. The summed E-state index contributed by atoms with van der Waals surface area (Å²) in [7, 11) is 0. The molecule has 7 nitrogen and oxygen atoms in total. The standard InChI is InChI=1S/C14H16N4O3/c1-2-3-7-17-14(19)12(15)9-13(16-17)10-5-4-6-11(8-10)18(20)21/h4-6,8-9H,2-3,7,15H2,1H3. The molecule has 7 heteroatoms. The van der Waals surface area contributed by atoms with Crippen molar-refractivity contribution in [1.82, 2.24) is 9.78 Å². The molecule has 0 atom stereocenters. The lowest BCUT2D eigenvalue weighted by Crippen LogP contribution is -2.25. The van der Waals surface area contributed by atoms with E-state index in [0.717, 1.165) is 12.8 Å². The van der Waals surface area contributed by atoms with Gasteiger partial charge >= 0.3 is 0 Å². The summed E-state index contributed by atoms with van der Waals surface area (Å²) in [6.45, 7) is 2.49. The van der Waals surface area contributed by atoms with E-state index >= 15 is 0 Å². The Hall–Kier alpha value is -2.70. The second-order valence-electron chi connectivity index (χ2n) is 4.67. The van der Waals surface area contributed by atoms with E-state index in [9.17, 15) is 14.9 Å². The molecular weight excluding hydrogens is 272 g/mol. The van der Waals surface area contributed by atoms with Crippen molar-refractivity contribution in [2.24, 2.45) is 0 Å². The Morgan fingerprint density at radius 1 is 1.38 bits per heavy atom. The second-order valence-corrected chi connectivity index (χ2v) is 4.67. The van der Waals surface area contributed by atoms with E-state index in [1.165, 1.54) is 22.9 Å². The minimum absolute atomic E-state index is 0.0285. The topological polar surface area (TPSA) is 104 Å². The first kappa shape index (κ1) is 14.7. The Morgan fingerprint density at radius 3 is 2.81 bits per heavy atom. The Morgan fingerprint density at radius 2 is 2.14 bits per heavy atom. The predicted octanol–water partition coefficient (Wildman–Crippen LogP) is 2.20. The molecule has 0 spiro atoms. The van der Waals surface area contributed by atoms with Crippen LogP contribution in [0.3, 0.4) is 0 Å². The molecule has 1 aromatic heterocycles. The van der Waals surface area contributed by atoms with Gasteiger partial charge in [-0.05, 0) is 12.5 Å². The van der Waals surface area contributed by atoms with Crippen molar-refractivity contribution in [1.29, 1.82) is 0 Å². The maximum Gasteiger partial charge on any atom is 0.289 e. The van der Waals surface area contributed by atoms with Crippen molar-refractivity contribution in [3.8, 4) is 11.3 Å². The van der Waals surface area contributed by atoms with E-state index in [1.54, 1.807) is 12.1 Å². The van der Waals surface area contributed by atoms with Crippen molar-refractivity contribution in [3.05, 3.63) is 50.8 Å². The Labute approximate surface area is 121 Å². The monoisotopic (exact) mass is 288 g/mol. The number of rotatable bonds is 5. The van der Waals surface area contributed by atoms with E-state index in [2.05, 4.69) is 5.10 Å². The average Bonchev–Trinajstić information content (AvgIpc) is 2.48. The first-order chi connectivity index (χ1) is 10.0. The number of nitrogens with two attached hydrogens (primary N) is 1. The summed E-state index contributed by atoms with van der Waals surface area (Å²) in [5.74, 6) is 0. The highest BCUT2D eigenvalue weighted by atomic mass is 16.6. The molecule has 0 unspecified atom stereocenters. The first-order valence-electron chi connectivity index (χ1n) is 6.65. The van der Waals surface area contributed by atoms with Gasteiger partial charge in [0.25, 0.3) is 11.2 Å². The smallest absolute Gasteiger partial charge is 0.289 e. The van der Waals surface area contributed by atoms with Crippen LogP contribution in [-0.4, -0.2) is 14.7 Å². The number of aryl methyl sites for hydroxylation is 1. The minimum Gasteiger partial charge on any atom is -0.394 e. The van der Waals surface area contributed by atoms with Gasteiger partial charge in [-0.3, -0.25) is 14.9 Å². The summed E-state index contributed by atoms with van der Waals surface area (Å²) in [6, 6.07) is 7.54. The van der Waals surface area contributed by atoms with E-state index in [0.29, 0.717) is 17.8 Å². The van der Waals surface area contributed by atoms with Crippen LogP contribution in [0.1, 0.15) is 19.8 Å². The van der Waals surface area contributed by atoms with Gasteiger partial charge in [0.05, 0.1) is 10.6 Å². The third-order valence-corrected chi connectivity index (χ3v) is 3.08. The number of non-ortho nitro benzene ring substituents is 1. The van der Waals surface area contributed by atoms with Gasteiger partial charge in [-0.1, -0.05) is 25.5 Å². The molecule has 110 valence electrons. The molecule has 0 saturated heterocycles. The number of aromatic nitrogens is 2. The highest BCUT2D eigenvalue weighted by Gasteiger charge is 2.11. The van der Waals surface area contributed by atoms with Gasteiger partial charge in [-0.2, -0.15) is 5.10 Å². The predicted molar refractivity (Wildman–Crippen MR) is 79.9 cm³/mol. The van der Waals surface area contributed by atoms with Gasteiger partial charge in [0.15, 0.2) is 0 Å². The van der Waals surface area contributed by atoms with Crippen LogP contribution in [0.5, 0.6) is 0 Å². The zero-order valence-corrected chi connectivity index (χ0v) is 11.7. The van der Waals surface area contributed by atoms with E-state index in [4.69, 9.17) is 5.73 Å². The van der Waals surface area contributed by atoms with E-state index < -0.39 is 4.92 Å². The van der Waals surface area contributed by atoms with Crippen molar-refractivity contribution in [2.75, 3.05) is 5.73 Å². The van der Waals surface area contributed by atoms with Crippen molar-refractivity contribution < 1.29 is 4.92 Å². The lowest BCUT2D eigenvalue weighted by molar-refractivity contribution is -0.384. The van der Waals surface area contributed by atoms with E-state index in [-0.39, 0.29) is 16.9 Å². The number of nitrogen functional groups attached to an aromatic ring is 1. The second kappa shape index (κ2) is 6.17. The third kappa shape index (κ3) is 3.25. The lowest BCUT2D eigenvalue weighted by atomic mass is 10.1. The fourth-order valence-corrected chi connectivity index (χ4v) is 1.94. The van der Waals surface area contributed by atoms with Gasteiger partial charge in [0, 0.05) is 24.2 Å². The fraction of sp³-hybridized carbons (Fsp3) is 0.286. The van der Waals surface area contributed by atoms with Crippen LogP contribution in [0.2, 0.25) is 0 Å². The maximum absolute atomic E-state index is 11.9. The van der Waals surface area contributed by atoms with Gasteiger partial charge in [-0.15, -0.1) is 0 Å². The van der Waals surface area contributed by atoms with Crippen LogP contribution in [0, 0.1) is 10.1 Å². The Bertz CT molecular complexity index is 724. The van der Waals surface area contributed by atoms with Crippen molar-refractivity contribution in [3.63, 3.8) is 0 Å². The average molecular weight is 288 g/mol.